The molecule has 0 amide bonds. The Morgan fingerprint density at radius 2 is 2.15 bits per heavy atom. The Labute approximate surface area is 123 Å². The van der Waals surface area contributed by atoms with E-state index in [0.717, 1.165) is 18.7 Å². The van der Waals surface area contributed by atoms with Crippen molar-refractivity contribution in [2.24, 2.45) is 0 Å². The fourth-order valence-electron chi connectivity index (χ4n) is 2.02. The summed E-state index contributed by atoms with van der Waals surface area (Å²) in [5.74, 6) is 0. The average molecular weight is 296 g/mol. The third kappa shape index (κ3) is 3.71. The fourth-order valence-corrected chi connectivity index (χ4v) is 2.96. The third-order valence-electron chi connectivity index (χ3n) is 4.50. The van der Waals surface area contributed by atoms with E-state index in [9.17, 15) is 0 Å². The highest BCUT2D eigenvalue weighted by Crippen LogP contribution is 2.37. The SMILES string of the molecule is CC(C)(C)[Si](C)(C)OCc1ccn(C2CCCCO2)n1. The first-order chi connectivity index (χ1) is 9.29. The van der Waals surface area contributed by atoms with E-state index < -0.39 is 8.32 Å². The Kier molecular flexibility index (Phi) is 4.72. The van der Waals surface area contributed by atoms with Crippen molar-refractivity contribution in [2.45, 2.75) is 71.0 Å². The van der Waals surface area contributed by atoms with Crippen LogP contribution in [0.2, 0.25) is 18.1 Å². The molecular formula is C15H28N2O2Si. The summed E-state index contributed by atoms with van der Waals surface area (Å²) >= 11 is 0. The largest absolute Gasteiger partial charge is 0.411 e. The standard InChI is InChI=1S/C15H28N2O2Si/c1-15(2,3)20(4,5)19-12-13-9-10-17(16-13)14-8-6-7-11-18-14/h9-10,14H,6-8,11-12H2,1-5H3. The highest BCUT2D eigenvalue weighted by Gasteiger charge is 2.37. The van der Waals surface area contributed by atoms with E-state index in [1.165, 1.54) is 12.8 Å². The molecule has 1 aliphatic rings. The van der Waals surface area contributed by atoms with E-state index in [1.54, 1.807) is 0 Å². The zero-order valence-electron chi connectivity index (χ0n) is 13.5. The normalized spacial score (nSPS) is 21.1. The first kappa shape index (κ1) is 15.7. The minimum atomic E-state index is -1.70. The molecule has 0 aliphatic carbocycles. The maximum atomic E-state index is 6.20. The van der Waals surface area contributed by atoms with Crippen LogP contribution in [0.1, 0.15) is 52.0 Å². The Morgan fingerprint density at radius 1 is 1.40 bits per heavy atom. The van der Waals surface area contributed by atoms with E-state index >= 15 is 0 Å². The number of hydrogen-bond donors (Lipinski definition) is 0. The molecule has 0 N–H and O–H groups in total. The molecule has 0 spiro atoms. The van der Waals surface area contributed by atoms with Gasteiger partial charge in [-0.3, -0.25) is 0 Å². The third-order valence-corrected chi connectivity index (χ3v) is 8.98. The van der Waals surface area contributed by atoms with Crippen molar-refractivity contribution in [3.63, 3.8) is 0 Å². The summed E-state index contributed by atoms with van der Waals surface area (Å²) in [6, 6.07) is 2.05. The van der Waals surface area contributed by atoms with Gasteiger partial charge in [0.25, 0.3) is 0 Å². The molecule has 0 bridgehead atoms. The van der Waals surface area contributed by atoms with E-state index in [2.05, 4.69) is 39.0 Å². The molecule has 0 radical (unpaired) electrons. The van der Waals surface area contributed by atoms with Crippen LogP contribution in [0.3, 0.4) is 0 Å². The highest BCUT2D eigenvalue weighted by atomic mass is 28.4. The van der Waals surface area contributed by atoms with Gasteiger partial charge in [0, 0.05) is 12.8 Å². The Balaban J connectivity index is 1.93. The van der Waals surface area contributed by atoms with Crippen molar-refractivity contribution in [1.29, 1.82) is 0 Å². The molecule has 1 saturated heterocycles. The second kappa shape index (κ2) is 5.99. The number of rotatable bonds is 4. The maximum Gasteiger partial charge on any atom is 0.192 e. The average Bonchev–Trinajstić information content (AvgIpc) is 2.85. The van der Waals surface area contributed by atoms with Gasteiger partial charge in [-0.2, -0.15) is 5.10 Å². The number of hydrogen-bond acceptors (Lipinski definition) is 3. The number of nitrogens with zero attached hydrogens (tertiary/aromatic N) is 2. The van der Waals surface area contributed by atoms with Gasteiger partial charge in [-0.05, 0) is 43.5 Å². The van der Waals surface area contributed by atoms with Crippen LogP contribution in [0.4, 0.5) is 0 Å². The highest BCUT2D eigenvalue weighted by molar-refractivity contribution is 6.74. The van der Waals surface area contributed by atoms with Crippen LogP contribution >= 0.6 is 0 Å². The summed E-state index contributed by atoms with van der Waals surface area (Å²) in [6.07, 6.45) is 5.58. The zero-order valence-corrected chi connectivity index (χ0v) is 14.5. The van der Waals surface area contributed by atoms with Crippen molar-refractivity contribution < 1.29 is 9.16 Å². The molecule has 2 rings (SSSR count). The second-order valence-corrected chi connectivity index (χ2v) is 12.0. The zero-order chi connectivity index (χ0) is 14.8. The molecule has 0 saturated carbocycles. The van der Waals surface area contributed by atoms with E-state index in [-0.39, 0.29) is 11.3 Å². The predicted molar refractivity (Wildman–Crippen MR) is 83.1 cm³/mol. The molecule has 1 aliphatic heterocycles. The van der Waals surface area contributed by atoms with Gasteiger partial charge >= 0.3 is 0 Å². The lowest BCUT2D eigenvalue weighted by molar-refractivity contribution is -0.0398. The summed E-state index contributed by atoms with van der Waals surface area (Å²) in [5.41, 5.74) is 1.00. The Hall–Kier alpha value is -0.653. The van der Waals surface area contributed by atoms with Gasteiger partial charge in [0.15, 0.2) is 8.32 Å². The molecule has 5 heteroatoms. The molecule has 4 nitrogen and oxygen atoms in total. The summed E-state index contributed by atoms with van der Waals surface area (Å²) in [7, 11) is -1.70. The van der Waals surface area contributed by atoms with Crippen LogP contribution in [-0.4, -0.2) is 24.7 Å². The monoisotopic (exact) mass is 296 g/mol. The maximum absolute atomic E-state index is 6.20. The molecule has 1 unspecified atom stereocenters. The van der Waals surface area contributed by atoms with Gasteiger partial charge in [-0.25, -0.2) is 4.68 Å². The molecule has 1 atom stereocenters. The summed E-state index contributed by atoms with van der Waals surface area (Å²) in [5, 5.41) is 4.85. The van der Waals surface area contributed by atoms with E-state index in [4.69, 9.17) is 9.16 Å². The molecule has 1 fully saturated rings. The molecule has 1 aromatic rings. The number of aromatic nitrogens is 2. The van der Waals surface area contributed by atoms with Crippen LogP contribution in [0.5, 0.6) is 0 Å². The van der Waals surface area contributed by atoms with Crippen molar-refractivity contribution in [3.05, 3.63) is 18.0 Å². The summed E-state index contributed by atoms with van der Waals surface area (Å²) in [6.45, 7) is 12.8. The molecule has 2 heterocycles. The van der Waals surface area contributed by atoms with Crippen LogP contribution in [0, 0.1) is 0 Å². The predicted octanol–water partition coefficient (Wildman–Crippen LogP) is 4.10. The molecule has 114 valence electrons. The van der Waals surface area contributed by atoms with Crippen LogP contribution in [0.25, 0.3) is 0 Å². The van der Waals surface area contributed by atoms with Crippen LogP contribution in [-0.2, 0) is 15.8 Å². The van der Waals surface area contributed by atoms with Gasteiger partial charge in [-0.1, -0.05) is 20.8 Å². The molecule has 20 heavy (non-hydrogen) atoms. The fraction of sp³-hybridized carbons (Fsp3) is 0.800. The van der Waals surface area contributed by atoms with Crippen molar-refractivity contribution in [3.8, 4) is 0 Å². The van der Waals surface area contributed by atoms with Gasteiger partial charge in [-0.15, -0.1) is 0 Å². The van der Waals surface area contributed by atoms with E-state index in [1.807, 2.05) is 16.9 Å². The quantitative estimate of drug-likeness (QED) is 0.785. The lowest BCUT2D eigenvalue weighted by Crippen LogP contribution is -2.40. The van der Waals surface area contributed by atoms with Gasteiger partial charge in [0.05, 0.1) is 12.3 Å². The lowest BCUT2D eigenvalue weighted by Gasteiger charge is -2.35. The summed E-state index contributed by atoms with van der Waals surface area (Å²) in [4.78, 5) is 0. The molecule has 0 aromatic carbocycles. The van der Waals surface area contributed by atoms with Crippen LogP contribution < -0.4 is 0 Å². The van der Waals surface area contributed by atoms with Crippen molar-refractivity contribution in [2.75, 3.05) is 6.61 Å². The first-order valence-electron chi connectivity index (χ1n) is 7.59. The first-order valence-corrected chi connectivity index (χ1v) is 10.5. The Morgan fingerprint density at radius 3 is 2.75 bits per heavy atom. The smallest absolute Gasteiger partial charge is 0.192 e. The molecular weight excluding hydrogens is 268 g/mol. The van der Waals surface area contributed by atoms with E-state index in [0.29, 0.717) is 6.61 Å². The molecule has 1 aromatic heterocycles. The number of ether oxygens (including phenoxy) is 1. The lowest BCUT2D eigenvalue weighted by atomic mass is 10.2. The minimum Gasteiger partial charge on any atom is -0.411 e. The summed E-state index contributed by atoms with van der Waals surface area (Å²) < 4.78 is 13.9. The Bertz CT molecular complexity index is 431. The van der Waals surface area contributed by atoms with Gasteiger partial charge in [0.1, 0.15) is 6.23 Å². The van der Waals surface area contributed by atoms with Crippen molar-refractivity contribution >= 4 is 8.32 Å². The van der Waals surface area contributed by atoms with Gasteiger partial charge in [0.2, 0.25) is 0 Å². The minimum absolute atomic E-state index is 0.116. The van der Waals surface area contributed by atoms with Crippen molar-refractivity contribution in [1.82, 2.24) is 9.78 Å². The second-order valence-electron chi connectivity index (χ2n) is 7.16. The van der Waals surface area contributed by atoms with Gasteiger partial charge < -0.3 is 9.16 Å². The van der Waals surface area contributed by atoms with Crippen LogP contribution in [0.15, 0.2) is 12.3 Å². The topological polar surface area (TPSA) is 36.3 Å².